The molecule has 0 saturated carbocycles. The molecule has 1 aliphatic heterocycles. The smallest absolute Gasteiger partial charge is 0.397 e. The van der Waals surface area contributed by atoms with Gasteiger partial charge in [-0.1, -0.05) is 55.2 Å². The number of allylic oxidation sites excluding steroid dienone is 7. The van der Waals surface area contributed by atoms with Crippen LogP contribution in [0.5, 0.6) is 0 Å². The standard InChI is InChI=1S/C23H23FN2O2.CH3F.CH2O/c1-3-21-22(28-23(24)27-21)15-10-16-25-17(2)19-13-8-9-14-20(19)26-18-11-6-4-5-7-12-18;2*1-2/h3-6,8-15,23,26H,1,7,16H2,2H3;1H3;1H2/b15-10-,25-17?;;. The van der Waals surface area contributed by atoms with Gasteiger partial charge in [0, 0.05) is 22.7 Å². The maximum absolute atomic E-state index is 13.1. The molecule has 0 saturated heterocycles. The Hall–Kier alpha value is -3.74. The molecule has 5 nitrogen and oxygen atoms in total. The molecule has 1 atom stereocenters. The van der Waals surface area contributed by atoms with E-state index < -0.39 is 6.54 Å². The minimum absolute atomic E-state index is 0.290. The number of carbonyl (C=O) groups excluding carboxylic acids is 1. The Morgan fingerprint density at radius 3 is 2.69 bits per heavy atom. The van der Waals surface area contributed by atoms with Crippen molar-refractivity contribution in [2.75, 3.05) is 19.0 Å². The van der Waals surface area contributed by atoms with Gasteiger partial charge in [0.05, 0.1) is 13.7 Å². The number of rotatable bonds is 7. The zero-order valence-corrected chi connectivity index (χ0v) is 18.3. The summed E-state index contributed by atoms with van der Waals surface area (Å²) in [5, 5.41) is 3.46. The second kappa shape index (κ2) is 15.1. The van der Waals surface area contributed by atoms with E-state index in [1.165, 1.54) is 6.08 Å². The second-order valence-electron chi connectivity index (χ2n) is 6.12. The third-order valence-corrected chi connectivity index (χ3v) is 4.16. The number of aliphatic imine (C=N–C) groups is 1. The van der Waals surface area contributed by atoms with Crippen LogP contribution in [0.1, 0.15) is 18.9 Å². The number of carbonyl (C=O) groups is 1. The summed E-state index contributed by atoms with van der Waals surface area (Å²) in [6.07, 6.45) is 16.1. The molecule has 1 aliphatic carbocycles. The molecule has 0 amide bonds. The Morgan fingerprint density at radius 1 is 1.22 bits per heavy atom. The molecule has 1 unspecified atom stereocenters. The van der Waals surface area contributed by atoms with E-state index in [1.807, 2.05) is 56.2 Å². The van der Waals surface area contributed by atoms with Gasteiger partial charge >= 0.3 is 6.54 Å². The minimum atomic E-state index is -1.78. The normalized spacial score (nSPS) is 17.2. The number of ether oxygens (including phenoxy) is 2. The zero-order chi connectivity index (χ0) is 23.8. The fraction of sp³-hybridized carbons (Fsp3) is 0.200. The van der Waals surface area contributed by atoms with Crippen LogP contribution in [0, 0.1) is 0 Å². The molecule has 1 aromatic rings. The largest absolute Gasteiger partial charge is 0.425 e. The monoisotopic (exact) mass is 442 g/mol. The van der Waals surface area contributed by atoms with Gasteiger partial charge in [0.2, 0.25) is 0 Å². The number of benzene rings is 1. The van der Waals surface area contributed by atoms with E-state index in [0.717, 1.165) is 29.1 Å². The Kier molecular flexibility index (Phi) is 12.4. The average molecular weight is 443 g/mol. The van der Waals surface area contributed by atoms with Crippen LogP contribution >= 0.6 is 0 Å². The number of nitrogens with one attached hydrogen (secondary N) is 1. The summed E-state index contributed by atoms with van der Waals surface area (Å²) in [6, 6.07) is 8.04. The van der Waals surface area contributed by atoms with Gasteiger partial charge in [0.25, 0.3) is 0 Å². The topological polar surface area (TPSA) is 59.9 Å². The van der Waals surface area contributed by atoms with Crippen LogP contribution in [0.4, 0.5) is 14.5 Å². The van der Waals surface area contributed by atoms with Crippen LogP contribution in [0.3, 0.4) is 0 Å². The van der Waals surface area contributed by atoms with E-state index in [2.05, 4.69) is 29.0 Å². The highest BCUT2D eigenvalue weighted by molar-refractivity contribution is 6.03. The van der Waals surface area contributed by atoms with Crippen molar-refractivity contribution >= 4 is 18.2 Å². The molecule has 0 radical (unpaired) electrons. The van der Waals surface area contributed by atoms with Crippen molar-refractivity contribution in [3.8, 4) is 0 Å². The number of nitrogens with zero attached hydrogens (tertiary/aromatic N) is 1. The number of halogens is 2. The first-order chi connectivity index (χ1) is 15.7. The molecule has 1 aromatic carbocycles. The van der Waals surface area contributed by atoms with Gasteiger partial charge in [-0.3, -0.25) is 9.38 Å². The van der Waals surface area contributed by atoms with Crippen molar-refractivity contribution in [3.63, 3.8) is 0 Å². The highest BCUT2D eigenvalue weighted by Gasteiger charge is 2.22. The van der Waals surface area contributed by atoms with E-state index in [1.54, 1.807) is 12.2 Å². The van der Waals surface area contributed by atoms with Crippen molar-refractivity contribution in [2.24, 2.45) is 4.99 Å². The van der Waals surface area contributed by atoms with E-state index in [-0.39, 0.29) is 0 Å². The van der Waals surface area contributed by atoms with Crippen LogP contribution in [0.2, 0.25) is 0 Å². The molecule has 32 heavy (non-hydrogen) atoms. The Labute approximate surface area is 187 Å². The number of hydrogen-bond donors (Lipinski definition) is 1. The fourth-order valence-corrected chi connectivity index (χ4v) is 2.78. The molecule has 1 heterocycles. The van der Waals surface area contributed by atoms with Gasteiger partial charge in [-0.25, -0.2) is 0 Å². The predicted molar refractivity (Wildman–Crippen MR) is 126 cm³/mol. The maximum atomic E-state index is 13.1. The molecule has 1 N–H and O–H groups in total. The average Bonchev–Trinajstić information content (AvgIpc) is 3.01. The van der Waals surface area contributed by atoms with Gasteiger partial charge < -0.3 is 19.6 Å². The lowest BCUT2D eigenvalue weighted by Crippen LogP contribution is -2.04. The molecule has 0 bridgehead atoms. The van der Waals surface area contributed by atoms with Crippen molar-refractivity contribution in [1.82, 2.24) is 0 Å². The number of hydrogen-bond acceptors (Lipinski definition) is 5. The molecule has 0 fully saturated rings. The molecule has 3 rings (SSSR count). The summed E-state index contributed by atoms with van der Waals surface area (Å²) >= 11 is 0. The number of anilines is 1. The van der Waals surface area contributed by atoms with Gasteiger partial charge in [-0.05, 0) is 37.6 Å². The molecule has 2 aliphatic rings. The number of para-hydroxylation sites is 1. The van der Waals surface area contributed by atoms with Crippen molar-refractivity contribution in [1.29, 1.82) is 0 Å². The van der Waals surface area contributed by atoms with Crippen LogP contribution in [-0.4, -0.2) is 32.8 Å². The summed E-state index contributed by atoms with van der Waals surface area (Å²) in [6.45, 7) is 6.19. The maximum Gasteiger partial charge on any atom is 0.397 e. The Morgan fingerprint density at radius 2 is 1.94 bits per heavy atom. The number of alkyl halides is 2. The second-order valence-corrected chi connectivity index (χ2v) is 6.12. The Balaban J connectivity index is 0.00000121. The van der Waals surface area contributed by atoms with E-state index >= 15 is 0 Å². The molecular formula is C25H28F2N2O3. The van der Waals surface area contributed by atoms with E-state index in [0.29, 0.717) is 25.2 Å². The first kappa shape index (κ1) is 26.3. The molecule has 7 heteroatoms. The van der Waals surface area contributed by atoms with Crippen LogP contribution in [0.25, 0.3) is 0 Å². The fourth-order valence-electron chi connectivity index (χ4n) is 2.78. The summed E-state index contributed by atoms with van der Waals surface area (Å²) in [4.78, 5) is 12.6. The van der Waals surface area contributed by atoms with Crippen molar-refractivity contribution in [2.45, 2.75) is 19.9 Å². The molecule has 0 spiro atoms. The van der Waals surface area contributed by atoms with Gasteiger partial charge in [-0.15, -0.1) is 0 Å². The third-order valence-electron chi connectivity index (χ3n) is 4.16. The highest BCUT2D eigenvalue weighted by atomic mass is 19.2. The van der Waals surface area contributed by atoms with Gasteiger partial charge in [0.15, 0.2) is 11.5 Å². The van der Waals surface area contributed by atoms with Crippen molar-refractivity contribution < 1.29 is 23.0 Å². The first-order valence-corrected chi connectivity index (χ1v) is 9.75. The van der Waals surface area contributed by atoms with Crippen LogP contribution in [-0.2, 0) is 14.3 Å². The molecule has 0 aromatic heterocycles. The molecular weight excluding hydrogens is 414 g/mol. The van der Waals surface area contributed by atoms with E-state index in [4.69, 9.17) is 14.3 Å². The first-order valence-electron chi connectivity index (χ1n) is 9.75. The van der Waals surface area contributed by atoms with E-state index in [9.17, 15) is 8.78 Å². The van der Waals surface area contributed by atoms with Crippen molar-refractivity contribution in [3.05, 3.63) is 102 Å². The van der Waals surface area contributed by atoms with Crippen LogP contribution < -0.4 is 5.32 Å². The Bertz CT molecular complexity index is 931. The third kappa shape index (κ3) is 8.18. The SMILES string of the molecule is C=CC1=C(/C=C\CN=C(C)c2ccccc2NC2=CCC=CC=C2)OC(F)O1.C=O.CF. The molecule has 170 valence electrons. The lowest BCUT2D eigenvalue weighted by Gasteiger charge is -2.12. The quantitative estimate of drug-likeness (QED) is 0.529. The summed E-state index contributed by atoms with van der Waals surface area (Å²) < 4.78 is 32.4. The van der Waals surface area contributed by atoms with Gasteiger partial charge in [0.1, 0.15) is 6.79 Å². The summed E-state index contributed by atoms with van der Waals surface area (Å²) in [5.74, 6) is 0.608. The minimum Gasteiger partial charge on any atom is -0.425 e. The predicted octanol–water partition coefficient (Wildman–Crippen LogP) is 5.96. The highest BCUT2D eigenvalue weighted by Crippen LogP contribution is 2.24. The van der Waals surface area contributed by atoms with Gasteiger partial charge in [-0.2, -0.15) is 4.39 Å². The summed E-state index contributed by atoms with van der Waals surface area (Å²) in [5.41, 5.74) is 3.97. The lowest BCUT2D eigenvalue weighted by atomic mass is 10.1. The lowest BCUT2D eigenvalue weighted by molar-refractivity contribution is -0.132. The van der Waals surface area contributed by atoms with Crippen LogP contribution in [0.15, 0.2) is 102 Å². The zero-order valence-electron chi connectivity index (χ0n) is 18.3. The summed E-state index contributed by atoms with van der Waals surface area (Å²) in [7, 11) is 0.500.